The number of fused-ring (bicyclic) bond motifs is 3. The van der Waals surface area contributed by atoms with Crippen LogP contribution < -0.4 is 42.5 Å². The molecular formula is C53H72N8O17. The number of hydrogen-bond donors (Lipinski definition) is 8. The predicted molar refractivity (Wildman–Crippen MR) is 278 cm³/mol. The molecule has 25 nitrogen and oxygen atoms in total. The molecule has 0 aromatic heterocycles. The Bertz CT molecular complexity index is 2470. The number of carbonyl (C=O) groups excluding carboxylic acids is 12. The van der Waals surface area contributed by atoms with Gasteiger partial charge >= 0.3 is 30.1 Å². The number of alkyl carbamates (subject to hydrolysis) is 2. The molecule has 426 valence electrons. The van der Waals surface area contributed by atoms with E-state index in [0.717, 1.165) is 36.5 Å². The van der Waals surface area contributed by atoms with E-state index in [0.29, 0.717) is 0 Å². The molecule has 8 N–H and O–H groups in total. The summed E-state index contributed by atoms with van der Waals surface area (Å²) in [6, 6.07) is 6.48. The number of hydrogen-bond acceptors (Lipinski definition) is 17. The van der Waals surface area contributed by atoms with Gasteiger partial charge in [-0.2, -0.15) is 0 Å². The lowest BCUT2D eigenvalue weighted by Gasteiger charge is -2.25. The largest absolute Gasteiger partial charge is 0.469 e. The van der Waals surface area contributed by atoms with E-state index in [9.17, 15) is 57.5 Å². The summed E-state index contributed by atoms with van der Waals surface area (Å²) in [6.07, 6.45) is -2.08. The first kappa shape index (κ1) is 63.9. The standard InChI is InChI=1S/C53H72N8O17/c1-10-25-76-50(71)39(23-22-30(3)62)58-47(68)37(11-2)57-42(63)28-55-46(67)40(26-43(64)74-8)59-45(66)31(4)56-49(70)41(27-44(65)75-9)60-48(69)38(21-16-24-54-51(72)78-53(5,6)7)61-52(73)77-29-36-34-19-14-12-17-32(34)33-18-13-15-20-35(33)36/h10,12-15,17-20,31,36-41H,1,11,16,21-29H2,2-9H3,(H,54,72)(H,55,67)(H,56,70)(H,57,63)(H,58,68)(H,59,66)(H,60,69)(H,61,73). The number of methoxy groups -OCH3 is 2. The second-order valence-corrected chi connectivity index (χ2v) is 19.0. The van der Waals surface area contributed by atoms with Crippen molar-refractivity contribution in [2.24, 2.45) is 0 Å². The van der Waals surface area contributed by atoms with Crippen LogP contribution in [0.25, 0.3) is 11.1 Å². The summed E-state index contributed by atoms with van der Waals surface area (Å²) < 4.78 is 25.4. The summed E-state index contributed by atoms with van der Waals surface area (Å²) in [5.74, 6) is -9.20. The average Bonchev–Trinajstić information content (AvgIpc) is 3.72. The van der Waals surface area contributed by atoms with Crippen LogP contribution in [0.15, 0.2) is 61.2 Å². The highest BCUT2D eigenvalue weighted by Crippen LogP contribution is 2.44. The van der Waals surface area contributed by atoms with Gasteiger partial charge in [0.15, 0.2) is 0 Å². The summed E-state index contributed by atoms with van der Waals surface area (Å²) >= 11 is 0. The Morgan fingerprint density at radius 3 is 1.72 bits per heavy atom. The highest BCUT2D eigenvalue weighted by Gasteiger charge is 2.34. The van der Waals surface area contributed by atoms with Crippen molar-refractivity contribution in [3.8, 4) is 11.1 Å². The van der Waals surface area contributed by atoms with Crippen LogP contribution in [-0.4, -0.2) is 154 Å². The minimum Gasteiger partial charge on any atom is -0.469 e. The molecule has 8 amide bonds. The third-order valence-corrected chi connectivity index (χ3v) is 11.7. The smallest absolute Gasteiger partial charge is 0.407 e. The summed E-state index contributed by atoms with van der Waals surface area (Å²) in [6.45, 7) is 11.5. The molecule has 0 saturated heterocycles. The Hall–Kier alpha value is -8.38. The van der Waals surface area contributed by atoms with Crippen molar-refractivity contribution in [3.63, 3.8) is 0 Å². The van der Waals surface area contributed by atoms with Gasteiger partial charge in [0.05, 0.1) is 33.6 Å². The fraction of sp³-hybridized carbons (Fsp3) is 0.509. The van der Waals surface area contributed by atoms with Crippen molar-refractivity contribution >= 4 is 71.3 Å². The van der Waals surface area contributed by atoms with Crippen LogP contribution in [0.1, 0.15) is 104 Å². The summed E-state index contributed by atoms with van der Waals surface area (Å²) in [5, 5.41) is 19.3. The molecule has 1 aliphatic carbocycles. The Morgan fingerprint density at radius 1 is 0.628 bits per heavy atom. The number of amides is 8. The van der Waals surface area contributed by atoms with Crippen LogP contribution in [0.4, 0.5) is 9.59 Å². The van der Waals surface area contributed by atoms with Gasteiger partial charge in [-0.05, 0) is 82.6 Å². The maximum atomic E-state index is 14.0. The molecule has 0 spiro atoms. The average molecular weight is 1090 g/mol. The second kappa shape index (κ2) is 31.6. The first-order chi connectivity index (χ1) is 36.9. The molecule has 0 aliphatic heterocycles. The zero-order chi connectivity index (χ0) is 58.1. The molecule has 2 aromatic rings. The van der Waals surface area contributed by atoms with Gasteiger partial charge in [0, 0.05) is 18.9 Å². The van der Waals surface area contributed by atoms with Crippen LogP contribution >= 0.6 is 0 Å². The number of nitrogens with one attached hydrogen (secondary N) is 8. The van der Waals surface area contributed by atoms with E-state index < -0.39 is 127 Å². The molecule has 2 aromatic carbocycles. The quantitative estimate of drug-likeness (QED) is 0.0237. The molecule has 3 rings (SSSR count). The fourth-order valence-corrected chi connectivity index (χ4v) is 7.73. The van der Waals surface area contributed by atoms with E-state index in [1.807, 2.05) is 48.5 Å². The summed E-state index contributed by atoms with van der Waals surface area (Å²) in [7, 11) is 2.05. The number of ketones is 1. The van der Waals surface area contributed by atoms with Gasteiger partial charge in [-0.15, -0.1) is 0 Å². The van der Waals surface area contributed by atoms with Gasteiger partial charge in [0.1, 0.15) is 60.8 Å². The molecule has 25 heteroatoms. The van der Waals surface area contributed by atoms with Crippen molar-refractivity contribution < 1.29 is 81.2 Å². The summed E-state index contributed by atoms with van der Waals surface area (Å²) in [5.41, 5.74) is 3.03. The molecule has 0 heterocycles. The molecule has 0 fully saturated rings. The molecular weight excluding hydrogens is 1020 g/mol. The molecule has 6 atom stereocenters. The number of esters is 3. The van der Waals surface area contributed by atoms with E-state index in [-0.39, 0.29) is 63.6 Å². The zero-order valence-electron chi connectivity index (χ0n) is 45.2. The lowest BCUT2D eigenvalue weighted by Crippen LogP contribution is -2.58. The van der Waals surface area contributed by atoms with Gasteiger partial charge in [-0.3, -0.25) is 38.4 Å². The molecule has 0 saturated carbocycles. The number of benzene rings is 2. The number of rotatable bonds is 30. The van der Waals surface area contributed by atoms with Crippen molar-refractivity contribution in [2.45, 2.75) is 134 Å². The highest BCUT2D eigenvalue weighted by atomic mass is 16.6. The monoisotopic (exact) mass is 1090 g/mol. The highest BCUT2D eigenvalue weighted by molar-refractivity contribution is 5.98. The predicted octanol–water partition coefficient (Wildman–Crippen LogP) is 1.39. The van der Waals surface area contributed by atoms with Crippen LogP contribution in [0.5, 0.6) is 0 Å². The van der Waals surface area contributed by atoms with Gasteiger partial charge in [0.2, 0.25) is 35.4 Å². The molecule has 78 heavy (non-hydrogen) atoms. The first-order valence-electron chi connectivity index (χ1n) is 25.2. The first-order valence-corrected chi connectivity index (χ1v) is 25.2. The Morgan fingerprint density at radius 2 is 1.17 bits per heavy atom. The molecule has 0 bridgehead atoms. The normalized spacial score (nSPS) is 13.7. The van der Waals surface area contributed by atoms with Crippen LogP contribution in [0.2, 0.25) is 0 Å². The van der Waals surface area contributed by atoms with E-state index in [1.54, 1.807) is 27.7 Å². The zero-order valence-corrected chi connectivity index (χ0v) is 45.2. The summed E-state index contributed by atoms with van der Waals surface area (Å²) in [4.78, 5) is 156. The van der Waals surface area contributed by atoms with Gasteiger partial charge in [-0.25, -0.2) is 14.4 Å². The van der Waals surface area contributed by atoms with Crippen LogP contribution in [-0.2, 0) is 71.6 Å². The maximum absolute atomic E-state index is 14.0. The van der Waals surface area contributed by atoms with Gasteiger partial charge in [0.25, 0.3) is 0 Å². The lowest BCUT2D eigenvalue weighted by molar-refractivity contribution is -0.147. The number of carbonyl (C=O) groups is 12. The Kier molecular flexibility index (Phi) is 25.9. The minimum atomic E-state index is -1.73. The molecule has 6 unspecified atom stereocenters. The fourth-order valence-electron chi connectivity index (χ4n) is 7.73. The van der Waals surface area contributed by atoms with Gasteiger partial charge in [-0.1, -0.05) is 68.1 Å². The van der Waals surface area contributed by atoms with E-state index in [1.165, 1.54) is 19.9 Å². The van der Waals surface area contributed by atoms with E-state index >= 15 is 0 Å². The minimum absolute atomic E-state index is 0.00707. The number of ether oxygens (including phenoxy) is 5. The van der Waals surface area contributed by atoms with Gasteiger partial charge < -0.3 is 71.0 Å². The third kappa shape index (κ3) is 21.3. The maximum Gasteiger partial charge on any atom is 0.407 e. The Balaban J connectivity index is 1.72. The van der Waals surface area contributed by atoms with E-state index in [4.69, 9.17) is 18.9 Å². The Labute approximate surface area is 452 Å². The third-order valence-electron chi connectivity index (χ3n) is 11.7. The van der Waals surface area contributed by atoms with Crippen molar-refractivity contribution in [1.82, 2.24) is 42.5 Å². The van der Waals surface area contributed by atoms with Crippen molar-refractivity contribution in [1.29, 1.82) is 0 Å². The van der Waals surface area contributed by atoms with E-state index in [2.05, 4.69) is 53.9 Å². The number of Topliss-reactive ketones (excluding diaryl/α,β-unsaturated/α-hetero) is 1. The molecule has 0 radical (unpaired) electrons. The van der Waals surface area contributed by atoms with Crippen molar-refractivity contribution in [3.05, 3.63) is 72.3 Å². The SMILES string of the molecule is C=CCOC(=O)C(CCC(C)=O)NC(=O)C(CC)NC(=O)CNC(=O)C(CC(=O)OC)NC(=O)C(C)NC(=O)C(CC(=O)OC)NC(=O)C(CCCNC(=O)OC(C)(C)C)NC(=O)OCC1c2ccccc2-c2ccccc21. The van der Waals surface area contributed by atoms with Crippen molar-refractivity contribution in [2.75, 3.05) is 40.5 Å². The molecule has 1 aliphatic rings. The lowest BCUT2D eigenvalue weighted by atomic mass is 9.98. The van der Waals surface area contributed by atoms with Crippen LogP contribution in [0.3, 0.4) is 0 Å². The topological polar surface area (TPSA) is 347 Å². The van der Waals surface area contributed by atoms with Crippen LogP contribution in [0, 0.1) is 0 Å². The second-order valence-electron chi connectivity index (χ2n) is 19.0.